The number of amides is 1. The summed E-state index contributed by atoms with van der Waals surface area (Å²) in [4.78, 5) is 29.9. The van der Waals surface area contributed by atoms with Gasteiger partial charge in [-0.3, -0.25) is 9.59 Å². The normalized spacial score (nSPS) is 10.5. The van der Waals surface area contributed by atoms with Crippen LogP contribution >= 0.6 is 0 Å². The number of rotatable bonds is 7. The molecule has 0 atom stereocenters. The molecule has 35 heavy (non-hydrogen) atoms. The Kier molecular flexibility index (Phi) is 8.23. The van der Waals surface area contributed by atoms with Crippen molar-refractivity contribution in [3.8, 4) is 23.1 Å². The zero-order valence-corrected chi connectivity index (χ0v) is 19.9. The number of carbonyl (C=O) groups is 2. The zero-order valence-electron chi connectivity index (χ0n) is 19.9. The van der Waals surface area contributed by atoms with Gasteiger partial charge in [-0.05, 0) is 32.0 Å². The van der Waals surface area contributed by atoms with Crippen LogP contribution in [0.3, 0.4) is 0 Å². The lowest BCUT2D eigenvalue weighted by Crippen LogP contribution is -2.18. The van der Waals surface area contributed by atoms with Gasteiger partial charge in [-0.25, -0.2) is 9.97 Å². The molecule has 0 aliphatic carbocycles. The van der Waals surface area contributed by atoms with Gasteiger partial charge in [0.2, 0.25) is 5.88 Å². The van der Waals surface area contributed by atoms with Crippen molar-refractivity contribution in [2.75, 3.05) is 21.3 Å². The number of hydrogen-bond acceptors (Lipinski definition) is 9. The van der Waals surface area contributed by atoms with Crippen LogP contribution in [0.15, 0.2) is 53.4 Å². The summed E-state index contributed by atoms with van der Waals surface area (Å²) in [5, 5.41) is 4.01. The number of methoxy groups -OCH3 is 2. The van der Waals surface area contributed by atoms with Gasteiger partial charge >= 0.3 is 0 Å². The van der Waals surface area contributed by atoms with Gasteiger partial charge < -0.3 is 28.7 Å². The Morgan fingerprint density at radius 2 is 1.80 bits per heavy atom. The number of nitrogens with one attached hydrogen (secondary N) is 1. The molecule has 2 heterocycles. The van der Waals surface area contributed by atoms with E-state index in [0.29, 0.717) is 62.8 Å². The molecular formula is C25H25N3O7. The second-order valence-corrected chi connectivity index (χ2v) is 6.98. The van der Waals surface area contributed by atoms with Crippen molar-refractivity contribution in [2.24, 2.45) is 0 Å². The number of hydrogen-bond donors (Lipinski definition) is 1. The molecule has 0 saturated carbocycles. The molecule has 182 valence electrons. The van der Waals surface area contributed by atoms with E-state index >= 15 is 0 Å². The number of nitrogens with zero attached hydrogens (tertiary/aromatic N) is 2. The fourth-order valence-electron chi connectivity index (χ4n) is 3.33. The van der Waals surface area contributed by atoms with Gasteiger partial charge in [0, 0.05) is 24.6 Å². The molecule has 1 N–H and O–H groups in total. The van der Waals surface area contributed by atoms with Crippen LogP contribution in [0.4, 0.5) is 0 Å². The number of ether oxygens (including phenoxy) is 4. The summed E-state index contributed by atoms with van der Waals surface area (Å²) in [7, 11) is 4.71. The van der Waals surface area contributed by atoms with Crippen LogP contribution in [0, 0.1) is 6.92 Å². The molecule has 10 heteroatoms. The predicted molar refractivity (Wildman–Crippen MR) is 129 cm³/mol. The summed E-state index contributed by atoms with van der Waals surface area (Å²) >= 11 is 0. The van der Waals surface area contributed by atoms with Gasteiger partial charge in [-0.15, -0.1) is 0 Å². The van der Waals surface area contributed by atoms with E-state index in [1.54, 1.807) is 71.5 Å². The average molecular weight is 479 g/mol. The lowest BCUT2D eigenvalue weighted by Gasteiger charge is -2.11. The number of furan rings is 1. The minimum absolute atomic E-state index is 0.197. The maximum absolute atomic E-state index is 12.1. The summed E-state index contributed by atoms with van der Waals surface area (Å²) in [5.74, 6) is 2.35. The first-order chi connectivity index (χ1) is 17.0. The minimum atomic E-state index is -0.197. The highest BCUT2D eigenvalue weighted by Crippen LogP contribution is 2.36. The van der Waals surface area contributed by atoms with Crippen LogP contribution in [0.5, 0.6) is 23.1 Å². The zero-order chi connectivity index (χ0) is 25.4. The largest absolute Gasteiger partial charge is 0.493 e. The van der Waals surface area contributed by atoms with Gasteiger partial charge in [0.1, 0.15) is 23.4 Å². The Morgan fingerprint density at radius 1 is 1.06 bits per heavy atom. The van der Waals surface area contributed by atoms with E-state index in [1.807, 2.05) is 0 Å². The molecule has 2 aromatic heterocycles. The van der Waals surface area contributed by atoms with Crippen LogP contribution in [-0.2, 0) is 9.53 Å². The van der Waals surface area contributed by atoms with Gasteiger partial charge in [-0.2, -0.15) is 0 Å². The Bertz CT molecular complexity index is 1380. The Morgan fingerprint density at radius 3 is 2.43 bits per heavy atom. The number of carbonyl (C=O) groups excluding carboxylic acids is 2. The Balaban J connectivity index is 0.000000509. The van der Waals surface area contributed by atoms with Crippen LogP contribution in [0.1, 0.15) is 23.0 Å². The molecule has 1 amide bonds. The van der Waals surface area contributed by atoms with Crippen molar-refractivity contribution in [1.82, 2.24) is 15.3 Å². The lowest BCUT2D eigenvalue weighted by atomic mass is 10.1. The van der Waals surface area contributed by atoms with Crippen molar-refractivity contribution < 1.29 is 33.0 Å². The van der Waals surface area contributed by atoms with Gasteiger partial charge in [0.15, 0.2) is 11.5 Å². The number of aryl methyl sites for hydroxylation is 1. The molecule has 2 aromatic carbocycles. The van der Waals surface area contributed by atoms with Gasteiger partial charge in [0.05, 0.1) is 36.9 Å². The molecule has 0 aliphatic heterocycles. The van der Waals surface area contributed by atoms with E-state index in [1.165, 1.54) is 12.6 Å². The Labute approximate surface area is 201 Å². The second-order valence-electron chi connectivity index (χ2n) is 6.98. The number of aromatic nitrogens is 2. The molecule has 4 rings (SSSR count). The molecule has 0 unspecified atom stereocenters. The van der Waals surface area contributed by atoms with Gasteiger partial charge in [-0.1, -0.05) is 6.08 Å². The first-order valence-corrected chi connectivity index (χ1v) is 10.5. The van der Waals surface area contributed by atoms with E-state index in [-0.39, 0.29) is 5.91 Å². The summed E-state index contributed by atoms with van der Waals surface area (Å²) in [5.41, 5.74) is 1.72. The summed E-state index contributed by atoms with van der Waals surface area (Å²) in [6, 6.07) is 8.81. The first kappa shape index (κ1) is 25.0. The second kappa shape index (κ2) is 11.5. The van der Waals surface area contributed by atoms with E-state index in [9.17, 15) is 9.59 Å². The fraction of sp³-hybridized carbons (Fsp3) is 0.200. The van der Waals surface area contributed by atoms with E-state index in [0.717, 1.165) is 0 Å². The maximum atomic E-state index is 12.1. The molecule has 4 aromatic rings. The van der Waals surface area contributed by atoms with Crippen LogP contribution < -0.4 is 19.5 Å². The van der Waals surface area contributed by atoms with E-state index in [4.69, 9.17) is 18.6 Å². The molecular weight excluding hydrogens is 454 g/mol. The van der Waals surface area contributed by atoms with Crippen molar-refractivity contribution in [1.29, 1.82) is 0 Å². The van der Waals surface area contributed by atoms with Crippen LogP contribution in [0.25, 0.3) is 21.9 Å². The standard InChI is InChI=1S/C21H19N3O5.C4H6O2/c1-11-19(20(25)22-2)13-6-5-12(7-16(13)28-11)29-21-14-8-17(26-3)18(27-4)9-15(14)23-10-24-21;1-2-3-6-4-5/h5-10H,1-4H3,(H,22,25);2-4H,1H3/b;3-2-. The Hall–Kier alpha value is -4.60. The third-order valence-electron chi connectivity index (χ3n) is 4.88. The quantitative estimate of drug-likeness (QED) is 0.300. The molecule has 0 bridgehead atoms. The summed E-state index contributed by atoms with van der Waals surface area (Å²) < 4.78 is 26.6. The first-order valence-electron chi connectivity index (χ1n) is 10.5. The highest BCUT2D eigenvalue weighted by atomic mass is 16.5. The van der Waals surface area contributed by atoms with Crippen LogP contribution in [0.2, 0.25) is 0 Å². The summed E-state index contributed by atoms with van der Waals surface area (Å²) in [6.07, 6.45) is 4.37. The molecule has 0 saturated heterocycles. The molecule has 10 nitrogen and oxygen atoms in total. The monoisotopic (exact) mass is 479 g/mol. The smallest absolute Gasteiger partial charge is 0.297 e. The number of allylic oxidation sites excluding steroid dienone is 1. The van der Waals surface area contributed by atoms with Crippen LogP contribution in [-0.4, -0.2) is 43.6 Å². The number of fused-ring (bicyclic) bond motifs is 2. The van der Waals surface area contributed by atoms with Crippen molar-refractivity contribution in [3.05, 3.63) is 60.3 Å². The van der Waals surface area contributed by atoms with Crippen molar-refractivity contribution in [3.63, 3.8) is 0 Å². The van der Waals surface area contributed by atoms with E-state index in [2.05, 4.69) is 20.0 Å². The molecule has 0 fully saturated rings. The molecule has 0 aliphatic rings. The maximum Gasteiger partial charge on any atom is 0.297 e. The minimum Gasteiger partial charge on any atom is -0.493 e. The average Bonchev–Trinajstić information content (AvgIpc) is 3.21. The molecule has 0 spiro atoms. The highest BCUT2D eigenvalue weighted by Gasteiger charge is 2.18. The SMILES string of the molecule is C/C=C\OC=O.CNC(=O)c1c(C)oc2cc(Oc3ncnc4cc(OC)c(OC)cc34)ccc12. The fourth-order valence-corrected chi connectivity index (χ4v) is 3.33. The van der Waals surface area contributed by atoms with E-state index < -0.39 is 0 Å². The molecule has 0 radical (unpaired) electrons. The predicted octanol–water partition coefficient (Wildman–Crippen LogP) is 4.55. The van der Waals surface area contributed by atoms with Crippen molar-refractivity contribution >= 4 is 34.3 Å². The third-order valence-corrected chi connectivity index (χ3v) is 4.88. The topological polar surface area (TPSA) is 122 Å². The number of benzene rings is 2. The third kappa shape index (κ3) is 5.49. The van der Waals surface area contributed by atoms with Crippen molar-refractivity contribution in [2.45, 2.75) is 13.8 Å². The summed E-state index contributed by atoms with van der Waals surface area (Å²) in [6.45, 7) is 3.90. The van der Waals surface area contributed by atoms with Gasteiger partial charge in [0.25, 0.3) is 12.4 Å². The highest BCUT2D eigenvalue weighted by molar-refractivity contribution is 6.07. The lowest BCUT2D eigenvalue weighted by molar-refractivity contribution is -0.123.